The lowest BCUT2D eigenvalue weighted by Crippen LogP contribution is -2.38. The summed E-state index contributed by atoms with van der Waals surface area (Å²) >= 11 is 0. The van der Waals surface area contributed by atoms with Gasteiger partial charge < -0.3 is 20.3 Å². The van der Waals surface area contributed by atoms with Crippen molar-refractivity contribution < 1.29 is 14.6 Å². The summed E-state index contributed by atoms with van der Waals surface area (Å²) in [6, 6.07) is 1.65. The first-order valence-corrected chi connectivity index (χ1v) is 5.64. The number of hydrogen-bond donors (Lipinski definition) is 2. The minimum Gasteiger partial charge on any atom is -0.477 e. The second-order valence-corrected chi connectivity index (χ2v) is 4.31. The summed E-state index contributed by atoms with van der Waals surface area (Å²) in [5.41, 5.74) is 5.24. The maximum Gasteiger partial charge on any atom is 0.223 e. The molecule has 0 unspecified atom stereocenters. The zero-order valence-corrected chi connectivity index (χ0v) is 9.63. The van der Waals surface area contributed by atoms with Gasteiger partial charge in [0.2, 0.25) is 11.8 Å². The Hall–Kier alpha value is -1.40. The molecule has 6 nitrogen and oxygen atoms in total. The van der Waals surface area contributed by atoms with Gasteiger partial charge in [-0.2, -0.15) is 4.98 Å². The molecule has 2 heterocycles. The molecular weight excluding hydrogens is 222 g/mol. The number of hydrogen-bond acceptors (Lipinski definition) is 6. The van der Waals surface area contributed by atoms with Gasteiger partial charge >= 0.3 is 0 Å². The molecule has 1 aromatic heterocycles. The van der Waals surface area contributed by atoms with Crippen LogP contribution in [-0.4, -0.2) is 41.5 Å². The Morgan fingerprint density at radius 1 is 1.47 bits per heavy atom. The third-order valence-corrected chi connectivity index (χ3v) is 3.06. The van der Waals surface area contributed by atoms with E-state index in [4.69, 9.17) is 15.2 Å². The molecule has 0 aromatic carbocycles. The normalized spacial score (nSPS) is 18.9. The molecule has 1 saturated heterocycles. The highest BCUT2D eigenvalue weighted by atomic mass is 16.5. The molecule has 0 bridgehead atoms. The molecule has 17 heavy (non-hydrogen) atoms. The topological polar surface area (TPSA) is 90.5 Å². The van der Waals surface area contributed by atoms with Crippen molar-refractivity contribution in [3.8, 4) is 5.88 Å². The number of aliphatic hydroxyl groups excluding tert-OH is 1. The van der Waals surface area contributed by atoms with Crippen molar-refractivity contribution in [3.63, 3.8) is 0 Å². The number of ether oxygens (including phenoxy) is 2. The molecule has 1 aromatic rings. The minimum absolute atomic E-state index is 0.0942. The van der Waals surface area contributed by atoms with Crippen molar-refractivity contribution in [3.05, 3.63) is 12.3 Å². The lowest BCUT2D eigenvalue weighted by atomic mass is 9.82. The summed E-state index contributed by atoms with van der Waals surface area (Å²) in [5, 5.41) is 9.48. The number of nitrogens with zero attached hydrogens (tertiary/aromatic N) is 2. The number of aromatic nitrogens is 2. The van der Waals surface area contributed by atoms with Crippen LogP contribution in [0.3, 0.4) is 0 Å². The van der Waals surface area contributed by atoms with Crippen molar-refractivity contribution in [1.82, 2.24) is 9.97 Å². The van der Waals surface area contributed by atoms with Crippen LogP contribution < -0.4 is 10.5 Å². The Bertz CT molecular complexity index is 367. The van der Waals surface area contributed by atoms with Crippen molar-refractivity contribution in [1.29, 1.82) is 0 Å². The maximum atomic E-state index is 9.48. The van der Waals surface area contributed by atoms with Crippen LogP contribution in [0.25, 0.3) is 0 Å². The Kier molecular flexibility index (Phi) is 3.75. The molecular formula is C11H17N3O3. The van der Waals surface area contributed by atoms with Crippen LogP contribution in [0.4, 0.5) is 5.95 Å². The summed E-state index contributed by atoms with van der Waals surface area (Å²) in [6.07, 6.45) is 3.14. The van der Waals surface area contributed by atoms with E-state index in [1.807, 2.05) is 0 Å². The predicted molar refractivity (Wildman–Crippen MR) is 61.5 cm³/mol. The Labute approximate surface area is 99.8 Å². The molecule has 3 N–H and O–H groups in total. The summed E-state index contributed by atoms with van der Waals surface area (Å²) in [7, 11) is 0. The van der Waals surface area contributed by atoms with Crippen LogP contribution >= 0.6 is 0 Å². The number of anilines is 1. The lowest BCUT2D eigenvalue weighted by molar-refractivity contribution is -0.0402. The first-order valence-electron chi connectivity index (χ1n) is 5.64. The Morgan fingerprint density at radius 2 is 2.24 bits per heavy atom. The van der Waals surface area contributed by atoms with E-state index in [1.165, 1.54) is 0 Å². The molecule has 94 valence electrons. The van der Waals surface area contributed by atoms with Gasteiger partial charge in [-0.1, -0.05) is 0 Å². The molecule has 0 radical (unpaired) electrons. The van der Waals surface area contributed by atoms with Crippen LogP contribution in [0.15, 0.2) is 12.3 Å². The van der Waals surface area contributed by atoms with Gasteiger partial charge in [0.25, 0.3) is 0 Å². The van der Waals surface area contributed by atoms with Crippen molar-refractivity contribution in [2.24, 2.45) is 5.41 Å². The summed E-state index contributed by atoms with van der Waals surface area (Å²) < 4.78 is 10.9. The smallest absolute Gasteiger partial charge is 0.223 e. The average Bonchev–Trinajstić information content (AvgIpc) is 2.38. The fourth-order valence-corrected chi connectivity index (χ4v) is 1.82. The van der Waals surface area contributed by atoms with Gasteiger partial charge in [0, 0.05) is 30.9 Å². The SMILES string of the molecule is Nc1nccc(OCC2(CO)CCOCC2)n1. The van der Waals surface area contributed by atoms with Crippen LogP contribution in [0.2, 0.25) is 0 Å². The van der Waals surface area contributed by atoms with E-state index in [0.29, 0.717) is 25.7 Å². The lowest BCUT2D eigenvalue weighted by Gasteiger charge is -2.34. The molecule has 1 fully saturated rings. The number of rotatable bonds is 4. The van der Waals surface area contributed by atoms with Crippen molar-refractivity contribution in [2.75, 3.05) is 32.2 Å². The van der Waals surface area contributed by atoms with E-state index in [9.17, 15) is 5.11 Å². The largest absolute Gasteiger partial charge is 0.477 e. The summed E-state index contributed by atoms with van der Waals surface area (Å²) in [5.74, 6) is 0.629. The molecule has 1 aliphatic heterocycles. The zero-order valence-electron chi connectivity index (χ0n) is 9.63. The van der Waals surface area contributed by atoms with E-state index in [-0.39, 0.29) is 18.0 Å². The number of nitrogens with two attached hydrogens (primary N) is 1. The fraction of sp³-hybridized carbons (Fsp3) is 0.636. The maximum absolute atomic E-state index is 9.48. The van der Waals surface area contributed by atoms with Gasteiger partial charge in [-0.15, -0.1) is 0 Å². The molecule has 1 aliphatic rings. The first kappa shape index (κ1) is 12.1. The molecule has 0 amide bonds. The fourth-order valence-electron chi connectivity index (χ4n) is 1.82. The number of aliphatic hydroxyl groups is 1. The van der Waals surface area contributed by atoms with Gasteiger partial charge in [-0.25, -0.2) is 4.98 Å². The molecule has 0 atom stereocenters. The van der Waals surface area contributed by atoms with Gasteiger partial charge in [-0.3, -0.25) is 0 Å². The molecule has 0 aliphatic carbocycles. The Balaban J connectivity index is 1.95. The summed E-state index contributed by atoms with van der Waals surface area (Å²) in [4.78, 5) is 7.74. The first-order chi connectivity index (χ1) is 8.24. The van der Waals surface area contributed by atoms with Crippen molar-refractivity contribution in [2.45, 2.75) is 12.8 Å². The third kappa shape index (κ3) is 3.04. The number of nitrogen functional groups attached to an aromatic ring is 1. The second kappa shape index (κ2) is 5.29. The average molecular weight is 239 g/mol. The second-order valence-electron chi connectivity index (χ2n) is 4.31. The van der Waals surface area contributed by atoms with Gasteiger partial charge in [-0.05, 0) is 12.8 Å². The highest BCUT2D eigenvalue weighted by molar-refractivity contribution is 5.20. The van der Waals surface area contributed by atoms with E-state index in [0.717, 1.165) is 12.8 Å². The van der Waals surface area contributed by atoms with Crippen LogP contribution in [0.5, 0.6) is 5.88 Å². The monoisotopic (exact) mass is 239 g/mol. The van der Waals surface area contributed by atoms with E-state index in [1.54, 1.807) is 12.3 Å². The molecule has 0 spiro atoms. The predicted octanol–water partition coefficient (Wildman–Crippen LogP) is 0.227. The van der Waals surface area contributed by atoms with Gasteiger partial charge in [0.1, 0.15) is 0 Å². The van der Waals surface area contributed by atoms with Gasteiger partial charge in [0.05, 0.1) is 13.2 Å². The molecule has 0 saturated carbocycles. The van der Waals surface area contributed by atoms with Crippen LogP contribution in [-0.2, 0) is 4.74 Å². The highest BCUT2D eigenvalue weighted by Crippen LogP contribution is 2.30. The van der Waals surface area contributed by atoms with Crippen LogP contribution in [0.1, 0.15) is 12.8 Å². The van der Waals surface area contributed by atoms with E-state index >= 15 is 0 Å². The van der Waals surface area contributed by atoms with Crippen molar-refractivity contribution >= 4 is 5.95 Å². The molecule has 2 rings (SSSR count). The summed E-state index contributed by atoms with van der Waals surface area (Å²) in [6.45, 7) is 1.84. The minimum atomic E-state index is -0.224. The third-order valence-electron chi connectivity index (χ3n) is 3.06. The van der Waals surface area contributed by atoms with Crippen LogP contribution in [0, 0.1) is 5.41 Å². The Morgan fingerprint density at radius 3 is 2.88 bits per heavy atom. The van der Waals surface area contributed by atoms with E-state index < -0.39 is 0 Å². The standard InChI is InChI=1S/C11H17N3O3/c12-10-13-4-1-9(14-10)17-8-11(7-15)2-5-16-6-3-11/h1,4,15H,2-3,5-8H2,(H2,12,13,14). The molecule has 6 heteroatoms. The quantitative estimate of drug-likeness (QED) is 0.781. The van der Waals surface area contributed by atoms with E-state index in [2.05, 4.69) is 9.97 Å². The zero-order chi connectivity index (χ0) is 12.1. The van der Waals surface area contributed by atoms with Gasteiger partial charge in [0.15, 0.2) is 0 Å². The highest BCUT2D eigenvalue weighted by Gasteiger charge is 2.33.